The van der Waals surface area contributed by atoms with E-state index in [0.29, 0.717) is 12.1 Å². The minimum atomic E-state index is 0.452. The molecule has 2 unspecified atom stereocenters. The molecule has 1 aromatic rings. The number of rotatable bonds is 4. The number of hydrogen-bond donors (Lipinski definition) is 1. The topological polar surface area (TPSA) is 21.3 Å². The monoisotopic (exact) mass is 267 g/mol. The van der Waals surface area contributed by atoms with Crippen LogP contribution in [0.3, 0.4) is 0 Å². The summed E-state index contributed by atoms with van der Waals surface area (Å²) < 4.78 is 5.48. The van der Waals surface area contributed by atoms with Crippen molar-refractivity contribution in [3.63, 3.8) is 0 Å². The molecule has 0 bridgehead atoms. The molecular formula is C15H22ClNO. The molecule has 18 heavy (non-hydrogen) atoms. The van der Waals surface area contributed by atoms with Gasteiger partial charge < -0.3 is 10.1 Å². The summed E-state index contributed by atoms with van der Waals surface area (Å²) in [6, 6.07) is 9.14. The summed E-state index contributed by atoms with van der Waals surface area (Å²) in [6.07, 6.45) is 4.48. The molecule has 0 aromatic heterocycles. The van der Waals surface area contributed by atoms with Gasteiger partial charge in [-0.25, -0.2) is 0 Å². The number of ether oxygens (including phenoxy) is 1. The van der Waals surface area contributed by atoms with Gasteiger partial charge >= 0.3 is 0 Å². The van der Waals surface area contributed by atoms with E-state index in [0.717, 1.165) is 37.5 Å². The fourth-order valence-corrected chi connectivity index (χ4v) is 2.74. The smallest absolute Gasteiger partial charge is 0.0480 e. The van der Waals surface area contributed by atoms with Gasteiger partial charge in [-0.2, -0.15) is 0 Å². The van der Waals surface area contributed by atoms with E-state index in [-0.39, 0.29) is 0 Å². The second-order valence-electron chi connectivity index (χ2n) is 5.10. The molecule has 0 radical (unpaired) electrons. The summed E-state index contributed by atoms with van der Waals surface area (Å²) in [5.41, 5.74) is 1.23. The van der Waals surface area contributed by atoms with Crippen molar-refractivity contribution in [2.75, 3.05) is 13.2 Å². The van der Waals surface area contributed by atoms with E-state index in [2.05, 4.69) is 18.3 Å². The van der Waals surface area contributed by atoms with Crippen molar-refractivity contribution in [2.45, 2.75) is 44.7 Å². The van der Waals surface area contributed by atoms with Crippen molar-refractivity contribution in [3.8, 4) is 0 Å². The summed E-state index contributed by atoms with van der Waals surface area (Å²) in [6.45, 7) is 4.03. The number of hydrogen-bond acceptors (Lipinski definition) is 2. The van der Waals surface area contributed by atoms with Crippen LogP contribution in [0, 0.1) is 0 Å². The first-order valence-electron chi connectivity index (χ1n) is 6.83. The molecule has 1 saturated heterocycles. The van der Waals surface area contributed by atoms with Crippen LogP contribution in [0.25, 0.3) is 0 Å². The first-order valence-corrected chi connectivity index (χ1v) is 7.20. The van der Waals surface area contributed by atoms with Gasteiger partial charge in [0.15, 0.2) is 0 Å². The Balaban J connectivity index is 1.84. The average Bonchev–Trinajstić information content (AvgIpc) is 2.61. The Morgan fingerprint density at radius 1 is 1.33 bits per heavy atom. The van der Waals surface area contributed by atoms with E-state index in [1.165, 1.54) is 12.0 Å². The summed E-state index contributed by atoms with van der Waals surface area (Å²) in [7, 11) is 0. The minimum Gasteiger partial charge on any atom is -0.381 e. The standard InChI is InChI=1S/C15H22ClNO/c1-12(11-13-5-2-3-7-15(13)16)17-14-6-4-9-18-10-8-14/h2-3,5,7,12,14,17H,4,6,8-11H2,1H3. The molecule has 2 nitrogen and oxygen atoms in total. The van der Waals surface area contributed by atoms with Crippen LogP contribution >= 0.6 is 11.6 Å². The zero-order valence-electron chi connectivity index (χ0n) is 11.0. The summed E-state index contributed by atoms with van der Waals surface area (Å²) in [5.74, 6) is 0. The van der Waals surface area contributed by atoms with Crippen molar-refractivity contribution in [1.82, 2.24) is 5.32 Å². The molecule has 1 aliphatic heterocycles. The van der Waals surface area contributed by atoms with E-state index in [1.807, 2.05) is 18.2 Å². The predicted octanol–water partition coefficient (Wildman–Crippen LogP) is 3.43. The number of benzene rings is 1. The molecule has 1 aromatic carbocycles. The van der Waals surface area contributed by atoms with Crippen molar-refractivity contribution in [3.05, 3.63) is 34.9 Å². The molecule has 2 atom stereocenters. The van der Waals surface area contributed by atoms with Crippen LogP contribution in [-0.2, 0) is 11.2 Å². The highest BCUT2D eigenvalue weighted by atomic mass is 35.5. The number of nitrogens with one attached hydrogen (secondary N) is 1. The third kappa shape index (κ3) is 4.27. The molecule has 1 fully saturated rings. The molecular weight excluding hydrogens is 246 g/mol. The van der Waals surface area contributed by atoms with Gasteiger partial charge in [0.05, 0.1) is 0 Å². The van der Waals surface area contributed by atoms with Gasteiger partial charge in [-0.3, -0.25) is 0 Å². The van der Waals surface area contributed by atoms with E-state index in [9.17, 15) is 0 Å². The highest BCUT2D eigenvalue weighted by Gasteiger charge is 2.15. The Hall–Kier alpha value is -0.570. The predicted molar refractivity (Wildman–Crippen MR) is 76.2 cm³/mol. The Morgan fingerprint density at radius 2 is 2.17 bits per heavy atom. The lowest BCUT2D eigenvalue weighted by molar-refractivity contribution is 0.142. The molecule has 1 aliphatic rings. The van der Waals surface area contributed by atoms with Crippen molar-refractivity contribution >= 4 is 11.6 Å². The van der Waals surface area contributed by atoms with E-state index in [4.69, 9.17) is 16.3 Å². The first-order chi connectivity index (χ1) is 8.75. The molecule has 0 saturated carbocycles. The molecule has 100 valence electrons. The van der Waals surface area contributed by atoms with Gasteiger partial charge in [0.25, 0.3) is 0 Å². The molecule has 0 spiro atoms. The zero-order valence-corrected chi connectivity index (χ0v) is 11.7. The van der Waals surface area contributed by atoms with Crippen LogP contribution < -0.4 is 5.32 Å². The van der Waals surface area contributed by atoms with Crippen LogP contribution in [0.15, 0.2) is 24.3 Å². The fourth-order valence-electron chi connectivity index (χ4n) is 2.53. The quantitative estimate of drug-likeness (QED) is 0.903. The third-order valence-electron chi connectivity index (χ3n) is 3.46. The van der Waals surface area contributed by atoms with E-state index < -0.39 is 0 Å². The van der Waals surface area contributed by atoms with Crippen molar-refractivity contribution in [2.24, 2.45) is 0 Å². The fraction of sp³-hybridized carbons (Fsp3) is 0.600. The summed E-state index contributed by atoms with van der Waals surface area (Å²) in [4.78, 5) is 0. The highest BCUT2D eigenvalue weighted by molar-refractivity contribution is 6.31. The molecule has 0 amide bonds. The van der Waals surface area contributed by atoms with Gasteiger partial charge in [-0.05, 0) is 44.2 Å². The molecule has 3 heteroatoms. The zero-order chi connectivity index (χ0) is 12.8. The van der Waals surface area contributed by atoms with Crippen LogP contribution in [0.4, 0.5) is 0 Å². The lowest BCUT2D eigenvalue weighted by atomic mass is 10.0. The Morgan fingerprint density at radius 3 is 3.00 bits per heavy atom. The molecule has 1 N–H and O–H groups in total. The average molecular weight is 268 g/mol. The highest BCUT2D eigenvalue weighted by Crippen LogP contribution is 2.17. The maximum atomic E-state index is 6.19. The summed E-state index contributed by atoms with van der Waals surface area (Å²) in [5, 5.41) is 4.57. The van der Waals surface area contributed by atoms with Crippen molar-refractivity contribution < 1.29 is 4.74 Å². The normalized spacial score (nSPS) is 22.4. The SMILES string of the molecule is CC(Cc1ccccc1Cl)NC1CCCOCC1. The van der Waals surface area contributed by atoms with Crippen molar-refractivity contribution in [1.29, 1.82) is 0 Å². The molecule has 0 aliphatic carbocycles. The number of halogens is 1. The minimum absolute atomic E-state index is 0.452. The van der Waals surface area contributed by atoms with Crippen LogP contribution in [0.5, 0.6) is 0 Å². The van der Waals surface area contributed by atoms with E-state index in [1.54, 1.807) is 0 Å². The Kier molecular flexibility index (Phi) is 5.48. The first kappa shape index (κ1) is 13.9. The van der Waals surface area contributed by atoms with Crippen LogP contribution in [-0.4, -0.2) is 25.3 Å². The van der Waals surface area contributed by atoms with E-state index >= 15 is 0 Å². The maximum absolute atomic E-state index is 6.19. The summed E-state index contributed by atoms with van der Waals surface area (Å²) >= 11 is 6.19. The van der Waals surface area contributed by atoms with Gasteiger partial charge in [-0.15, -0.1) is 0 Å². The van der Waals surface area contributed by atoms with Crippen LogP contribution in [0.2, 0.25) is 5.02 Å². The van der Waals surface area contributed by atoms with Gasteiger partial charge in [0.1, 0.15) is 0 Å². The Labute approximate surface area is 115 Å². The second-order valence-corrected chi connectivity index (χ2v) is 5.51. The largest absolute Gasteiger partial charge is 0.381 e. The lowest BCUT2D eigenvalue weighted by Gasteiger charge is -2.22. The third-order valence-corrected chi connectivity index (χ3v) is 3.82. The van der Waals surface area contributed by atoms with Gasteiger partial charge in [-0.1, -0.05) is 29.8 Å². The van der Waals surface area contributed by atoms with Gasteiger partial charge in [0, 0.05) is 30.3 Å². The molecule has 1 heterocycles. The van der Waals surface area contributed by atoms with Crippen LogP contribution in [0.1, 0.15) is 31.7 Å². The maximum Gasteiger partial charge on any atom is 0.0480 e. The lowest BCUT2D eigenvalue weighted by Crippen LogP contribution is -2.38. The molecule has 2 rings (SSSR count). The second kappa shape index (κ2) is 7.13. The Bertz CT molecular complexity index is 361. The van der Waals surface area contributed by atoms with Gasteiger partial charge in [0.2, 0.25) is 0 Å².